The van der Waals surface area contributed by atoms with Crippen molar-refractivity contribution in [3.8, 4) is 17.0 Å². The van der Waals surface area contributed by atoms with Crippen LogP contribution < -0.4 is 4.74 Å². The first kappa shape index (κ1) is 10.4. The second-order valence-electron chi connectivity index (χ2n) is 3.44. The molecule has 0 amide bonds. The molecule has 0 radical (unpaired) electrons. The summed E-state index contributed by atoms with van der Waals surface area (Å²) < 4.78 is 5.08. The molecule has 2 aromatic rings. The molecule has 0 unspecified atom stereocenters. The lowest BCUT2D eigenvalue weighted by molar-refractivity contribution is 0.111. The van der Waals surface area contributed by atoms with E-state index in [4.69, 9.17) is 4.74 Å². The topological polar surface area (TPSA) is 55.0 Å². The summed E-state index contributed by atoms with van der Waals surface area (Å²) in [6.07, 6.45) is 0.708. The molecule has 1 heterocycles. The first-order valence-electron chi connectivity index (χ1n) is 4.91. The summed E-state index contributed by atoms with van der Waals surface area (Å²) in [6, 6.07) is 7.56. The van der Waals surface area contributed by atoms with Crippen LogP contribution in [0.1, 0.15) is 16.3 Å². The Hall–Kier alpha value is -2.10. The SMILES string of the molecule is COc1ccc(-c2nc(C=O)[nH]c2C)cc1. The van der Waals surface area contributed by atoms with E-state index in [2.05, 4.69) is 9.97 Å². The number of aromatic amines is 1. The van der Waals surface area contributed by atoms with Crippen LogP contribution >= 0.6 is 0 Å². The molecule has 4 heteroatoms. The maximum absolute atomic E-state index is 10.6. The Morgan fingerprint density at radius 1 is 1.31 bits per heavy atom. The molecule has 16 heavy (non-hydrogen) atoms. The van der Waals surface area contributed by atoms with Crippen molar-refractivity contribution in [3.05, 3.63) is 35.8 Å². The summed E-state index contributed by atoms with van der Waals surface area (Å²) in [4.78, 5) is 17.7. The lowest BCUT2D eigenvalue weighted by atomic mass is 10.1. The van der Waals surface area contributed by atoms with Crippen LogP contribution in [0, 0.1) is 6.92 Å². The monoisotopic (exact) mass is 216 g/mol. The maximum atomic E-state index is 10.6. The molecule has 0 bridgehead atoms. The van der Waals surface area contributed by atoms with Crippen LogP contribution in [0.2, 0.25) is 0 Å². The van der Waals surface area contributed by atoms with Gasteiger partial charge in [-0.05, 0) is 31.2 Å². The molecule has 1 aromatic heterocycles. The standard InChI is InChI=1S/C12H12N2O2/c1-8-12(14-11(7-15)13-8)9-3-5-10(16-2)6-4-9/h3-7H,1-2H3,(H,13,14). The van der Waals surface area contributed by atoms with Crippen molar-refractivity contribution >= 4 is 6.29 Å². The Balaban J connectivity index is 2.41. The number of hydrogen-bond donors (Lipinski definition) is 1. The average Bonchev–Trinajstić information content (AvgIpc) is 2.71. The average molecular weight is 216 g/mol. The van der Waals surface area contributed by atoms with Gasteiger partial charge in [-0.2, -0.15) is 0 Å². The van der Waals surface area contributed by atoms with Gasteiger partial charge in [-0.3, -0.25) is 4.79 Å². The zero-order valence-electron chi connectivity index (χ0n) is 9.15. The highest BCUT2D eigenvalue weighted by Crippen LogP contribution is 2.23. The van der Waals surface area contributed by atoms with Gasteiger partial charge in [0.2, 0.25) is 0 Å². The zero-order chi connectivity index (χ0) is 11.5. The van der Waals surface area contributed by atoms with Crippen LogP contribution in [0.3, 0.4) is 0 Å². The van der Waals surface area contributed by atoms with Crippen LogP contribution in [0.15, 0.2) is 24.3 Å². The number of carbonyl (C=O) groups is 1. The number of aryl methyl sites for hydroxylation is 1. The van der Waals surface area contributed by atoms with Gasteiger partial charge in [-0.25, -0.2) is 4.98 Å². The smallest absolute Gasteiger partial charge is 0.185 e. The van der Waals surface area contributed by atoms with E-state index in [0.29, 0.717) is 12.1 Å². The third-order valence-corrected chi connectivity index (χ3v) is 2.38. The molecule has 0 fully saturated rings. The number of aldehydes is 1. The fraction of sp³-hybridized carbons (Fsp3) is 0.167. The predicted octanol–water partition coefficient (Wildman–Crippen LogP) is 2.21. The van der Waals surface area contributed by atoms with E-state index in [-0.39, 0.29) is 0 Å². The Labute approximate surface area is 93.3 Å². The van der Waals surface area contributed by atoms with Crippen molar-refractivity contribution in [2.24, 2.45) is 0 Å². The van der Waals surface area contributed by atoms with Crippen LogP contribution in [0.4, 0.5) is 0 Å². The van der Waals surface area contributed by atoms with Gasteiger partial charge in [0, 0.05) is 11.3 Å². The van der Waals surface area contributed by atoms with Crippen LogP contribution in [-0.4, -0.2) is 23.4 Å². The summed E-state index contributed by atoms with van der Waals surface area (Å²) in [5.41, 5.74) is 2.64. The highest BCUT2D eigenvalue weighted by atomic mass is 16.5. The normalized spacial score (nSPS) is 10.1. The lowest BCUT2D eigenvalue weighted by Gasteiger charge is -2.01. The Kier molecular flexibility index (Phi) is 2.72. The first-order valence-corrected chi connectivity index (χ1v) is 4.91. The van der Waals surface area contributed by atoms with Gasteiger partial charge in [0.1, 0.15) is 5.75 Å². The summed E-state index contributed by atoms with van der Waals surface area (Å²) in [5, 5.41) is 0. The van der Waals surface area contributed by atoms with Crippen molar-refractivity contribution in [3.63, 3.8) is 0 Å². The highest BCUT2D eigenvalue weighted by Gasteiger charge is 2.08. The van der Waals surface area contributed by atoms with E-state index in [1.165, 1.54) is 0 Å². The first-order chi connectivity index (χ1) is 7.74. The minimum atomic E-state index is 0.350. The summed E-state index contributed by atoms with van der Waals surface area (Å²) in [6.45, 7) is 1.89. The lowest BCUT2D eigenvalue weighted by Crippen LogP contribution is -1.84. The second-order valence-corrected chi connectivity index (χ2v) is 3.44. The number of benzene rings is 1. The molecule has 4 nitrogen and oxygen atoms in total. The van der Waals surface area contributed by atoms with Crippen LogP contribution in [0.5, 0.6) is 5.75 Å². The maximum Gasteiger partial charge on any atom is 0.185 e. The summed E-state index contributed by atoms with van der Waals surface area (Å²) >= 11 is 0. The third-order valence-electron chi connectivity index (χ3n) is 2.38. The quantitative estimate of drug-likeness (QED) is 0.800. The molecular formula is C12H12N2O2. The molecule has 0 aliphatic heterocycles. The minimum Gasteiger partial charge on any atom is -0.497 e. The number of rotatable bonds is 3. The van der Waals surface area contributed by atoms with Crippen molar-refractivity contribution < 1.29 is 9.53 Å². The van der Waals surface area contributed by atoms with Gasteiger partial charge in [-0.15, -0.1) is 0 Å². The second kappa shape index (κ2) is 4.18. The summed E-state index contributed by atoms with van der Waals surface area (Å²) in [5.74, 6) is 1.15. The molecular weight excluding hydrogens is 204 g/mol. The third kappa shape index (κ3) is 1.82. The molecule has 2 rings (SSSR count). The van der Waals surface area contributed by atoms with Gasteiger partial charge >= 0.3 is 0 Å². The number of aromatic nitrogens is 2. The number of ether oxygens (including phenoxy) is 1. The van der Waals surface area contributed by atoms with Crippen LogP contribution in [-0.2, 0) is 0 Å². The summed E-state index contributed by atoms with van der Waals surface area (Å²) in [7, 11) is 1.62. The zero-order valence-corrected chi connectivity index (χ0v) is 9.15. The van der Waals surface area contributed by atoms with Crippen molar-refractivity contribution in [2.75, 3.05) is 7.11 Å². The van der Waals surface area contributed by atoms with E-state index in [1.54, 1.807) is 7.11 Å². The van der Waals surface area contributed by atoms with Crippen molar-refractivity contribution in [1.82, 2.24) is 9.97 Å². The molecule has 0 spiro atoms. The van der Waals surface area contributed by atoms with Gasteiger partial charge in [-0.1, -0.05) is 0 Å². The fourth-order valence-electron chi connectivity index (χ4n) is 1.57. The Morgan fingerprint density at radius 2 is 2.00 bits per heavy atom. The van der Waals surface area contributed by atoms with Gasteiger partial charge in [0.05, 0.1) is 12.8 Å². The molecule has 0 atom stereocenters. The number of hydrogen-bond acceptors (Lipinski definition) is 3. The number of methoxy groups -OCH3 is 1. The predicted molar refractivity (Wildman–Crippen MR) is 60.7 cm³/mol. The van der Waals surface area contributed by atoms with Crippen LogP contribution in [0.25, 0.3) is 11.3 Å². The van der Waals surface area contributed by atoms with E-state index >= 15 is 0 Å². The molecule has 0 saturated carbocycles. The Morgan fingerprint density at radius 3 is 2.50 bits per heavy atom. The van der Waals surface area contributed by atoms with E-state index in [9.17, 15) is 4.79 Å². The number of nitrogens with zero attached hydrogens (tertiary/aromatic N) is 1. The number of H-pyrrole nitrogens is 1. The Bertz CT molecular complexity index is 500. The number of imidazole rings is 1. The van der Waals surface area contributed by atoms with Crippen molar-refractivity contribution in [1.29, 1.82) is 0 Å². The molecule has 0 aliphatic rings. The highest BCUT2D eigenvalue weighted by molar-refractivity contribution is 5.73. The fourth-order valence-corrected chi connectivity index (χ4v) is 1.57. The molecule has 82 valence electrons. The van der Waals surface area contributed by atoms with Gasteiger partial charge in [0.15, 0.2) is 12.1 Å². The van der Waals surface area contributed by atoms with E-state index in [1.807, 2.05) is 31.2 Å². The number of nitrogens with one attached hydrogen (secondary N) is 1. The van der Waals surface area contributed by atoms with E-state index < -0.39 is 0 Å². The van der Waals surface area contributed by atoms with Gasteiger partial charge < -0.3 is 9.72 Å². The molecule has 1 aromatic carbocycles. The van der Waals surface area contributed by atoms with Gasteiger partial charge in [0.25, 0.3) is 0 Å². The largest absolute Gasteiger partial charge is 0.497 e. The minimum absolute atomic E-state index is 0.350. The van der Waals surface area contributed by atoms with Crippen molar-refractivity contribution in [2.45, 2.75) is 6.92 Å². The number of carbonyl (C=O) groups excluding carboxylic acids is 1. The molecule has 0 saturated heterocycles. The molecule has 0 aliphatic carbocycles. The van der Waals surface area contributed by atoms with E-state index in [0.717, 1.165) is 22.7 Å². The molecule has 1 N–H and O–H groups in total.